The van der Waals surface area contributed by atoms with E-state index in [1.54, 1.807) is 0 Å². The van der Waals surface area contributed by atoms with Crippen LogP contribution in [0.1, 0.15) is 43.7 Å². The number of ether oxygens (including phenoxy) is 1. The average molecular weight is 246 g/mol. The Labute approximate surface area is 109 Å². The van der Waals surface area contributed by atoms with Gasteiger partial charge in [-0.25, -0.2) is 0 Å². The van der Waals surface area contributed by atoms with Crippen molar-refractivity contribution in [1.82, 2.24) is 10.3 Å². The lowest BCUT2D eigenvalue weighted by molar-refractivity contribution is -0.147. The van der Waals surface area contributed by atoms with Gasteiger partial charge in [-0.05, 0) is 56.7 Å². The second-order valence-corrected chi connectivity index (χ2v) is 5.69. The Morgan fingerprint density at radius 3 is 3.00 bits per heavy atom. The molecule has 2 unspecified atom stereocenters. The van der Waals surface area contributed by atoms with Gasteiger partial charge in [-0.2, -0.15) is 0 Å². The van der Waals surface area contributed by atoms with Crippen molar-refractivity contribution in [3.05, 3.63) is 30.1 Å². The van der Waals surface area contributed by atoms with Crippen molar-refractivity contribution in [2.45, 2.75) is 43.7 Å². The maximum atomic E-state index is 6.02. The zero-order valence-corrected chi connectivity index (χ0v) is 11.1. The van der Waals surface area contributed by atoms with Crippen LogP contribution >= 0.6 is 0 Å². The monoisotopic (exact) mass is 246 g/mol. The van der Waals surface area contributed by atoms with E-state index in [0.717, 1.165) is 13.0 Å². The Bertz CT molecular complexity index is 389. The van der Waals surface area contributed by atoms with Gasteiger partial charge in [0.25, 0.3) is 0 Å². The quantitative estimate of drug-likeness (QED) is 0.890. The van der Waals surface area contributed by atoms with Crippen LogP contribution in [0.15, 0.2) is 24.5 Å². The second kappa shape index (κ2) is 4.98. The van der Waals surface area contributed by atoms with E-state index in [2.05, 4.69) is 23.4 Å². The number of nitrogens with zero attached hydrogens (tertiary/aromatic N) is 1. The summed E-state index contributed by atoms with van der Waals surface area (Å²) >= 11 is 0. The first kappa shape index (κ1) is 12.1. The van der Waals surface area contributed by atoms with Crippen molar-refractivity contribution in [2.24, 2.45) is 5.92 Å². The summed E-state index contributed by atoms with van der Waals surface area (Å²) in [6, 6.07) is 4.62. The predicted octanol–water partition coefficient (Wildman–Crippen LogP) is 2.69. The van der Waals surface area contributed by atoms with E-state index in [9.17, 15) is 0 Å². The van der Waals surface area contributed by atoms with Gasteiger partial charge in [0.2, 0.25) is 0 Å². The zero-order valence-electron chi connectivity index (χ0n) is 11.1. The summed E-state index contributed by atoms with van der Waals surface area (Å²) in [5.74, 6) is 0.674. The molecule has 1 saturated carbocycles. The first-order valence-corrected chi connectivity index (χ1v) is 7.04. The molecule has 3 rings (SSSR count). The summed E-state index contributed by atoms with van der Waals surface area (Å²) in [5, 5.41) is 3.48. The molecule has 2 aliphatic rings. The molecule has 0 radical (unpaired) electrons. The molecule has 1 N–H and O–H groups in total. The fourth-order valence-electron chi connectivity index (χ4n) is 3.50. The summed E-state index contributed by atoms with van der Waals surface area (Å²) < 4.78 is 6.02. The Hall–Kier alpha value is -0.930. The van der Waals surface area contributed by atoms with Crippen molar-refractivity contribution in [2.75, 3.05) is 13.7 Å². The van der Waals surface area contributed by atoms with Crippen molar-refractivity contribution < 1.29 is 4.74 Å². The van der Waals surface area contributed by atoms with Gasteiger partial charge in [0.15, 0.2) is 0 Å². The zero-order chi connectivity index (χ0) is 12.4. The van der Waals surface area contributed by atoms with Crippen LogP contribution in [0.5, 0.6) is 0 Å². The van der Waals surface area contributed by atoms with Crippen LogP contribution in [0, 0.1) is 5.92 Å². The number of nitrogens with one attached hydrogen (secondary N) is 1. The van der Waals surface area contributed by atoms with Gasteiger partial charge >= 0.3 is 0 Å². The van der Waals surface area contributed by atoms with Gasteiger partial charge in [-0.1, -0.05) is 6.07 Å². The summed E-state index contributed by atoms with van der Waals surface area (Å²) in [6.07, 6.45) is 10.0. The molecular formula is C15H22N2O. The fourth-order valence-corrected chi connectivity index (χ4v) is 3.50. The third-order valence-electron chi connectivity index (χ3n) is 4.62. The van der Waals surface area contributed by atoms with Crippen molar-refractivity contribution in [3.63, 3.8) is 0 Å². The minimum absolute atomic E-state index is 0.222. The van der Waals surface area contributed by atoms with Crippen LogP contribution in [0.25, 0.3) is 0 Å². The second-order valence-electron chi connectivity index (χ2n) is 5.69. The van der Waals surface area contributed by atoms with Crippen molar-refractivity contribution in [3.8, 4) is 0 Å². The Morgan fingerprint density at radius 2 is 2.39 bits per heavy atom. The maximum Gasteiger partial charge on any atom is 0.0686 e. The molecular weight excluding hydrogens is 224 g/mol. The molecule has 1 aliphatic heterocycles. The SMILES string of the molecule is CNC(c1cccnc1)C1CCOC2(CCC2)C1. The van der Waals surface area contributed by atoms with E-state index in [1.807, 2.05) is 18.5 Å². The number of hydrogen-bond acceptors (Lipinski definition) is 3. The highest BCUT2D eigenvalue weighted by molar-refractivity contribution is 5.16. The molecule has 0 aromatic carbocycles. The molecule has 2 heterocycles. The number of aromatic nitrogens is 1. The van der Waals surface area contributed by atoms with E-state index < -0.39 is 0 Å². The molecule has 98 valence electrons. The molecule has 1 aromatic heterocycles. The van der Waals surface area contributed by atoms with Crippen LogP contribution in [-0.4, -0.2) is 24.2 Å². The van der Waals surface area contributed by atoms with Crippen LogP contribution in [0.3, 0.4) is 0 Å². The fraction of sp³-hybridized carbons (Fsp3) is 0.667. The van der Waals surface area contributed by atoms with E-state index >= 15 is 0 Å². The molecule has 0 amide bonds. The lowest BCUT2D eigenvalue weighted by Crippen LogP contribution is -2.47. The van der Waals surface area contributed by atoms with Crippen LogP contribution in [0.2, 0.25) is 0 Å². The molecule has 18 heavy (non-hydrogen) atoms. The van der Waals surface area contributed by atoms with Crippen LogP contribution < -0.4 is 5.32 Å². The predicted molar refractivity (Wildman–Crippen MR) is 71.3 cm³/mol. The van der Waals surface area contributed by atoms with Gasteiger partial charge in [0, 0.05) is 25.0 Å². The molecule has 1 aromatic rings. The highest BCUT2D eigenvalue weighted by Gasteiger charge is 2.44. The molecule has 1 aliphatic carbocycles. The van der Waals surface area contributed by atoms with E-state index in [-0.39, 0.29) is 5.60 Å². The first-order valence-electron chi connectivity index (χ1n) is 7.04. The van der Waals surface area contributed by atoms with Gasteiger partial charge in [0.05, 0.1) is 5.60 Å². The number of rotatable bonds is 3. The normalized spacial score (nSPS) is 27.7. The van der Waals surface area contributed by atoms with Gasteiger partial charge in [-0.3, -0.25) is 4.98 Å². The molecule has 3 heteroatoms. The van der Waals surface area contributed by atoms with Crippen molar-refractivity contribution in [1.29, 1.82) is 0 Å². The third kappa shape index (κ3) is 2.17. The Balaban J connectivity index is 1.75. The topological polar surface area (TPSA) is 34.2 Å². The standard InChI is InChI=1S/C15H22N2O/c1-16-14(13-4-2-8-17-11-13)12-5-9-18-15(10-12)6-3-7-15/h2,4,8,11-12,14,16H,3,5-7,9-10H2,1H3. The van der Waals surface area contributed by atoms with Crippen LogP contribution in [-0.2, 0) is 4.74 Å². The lowest BCUT2D eigenvalue weighted by Gasteiger charge is -2.48. The highest BCUT2D eigenvalue weighted by atomic mass is 16.5. The summed E-state index contributed by atoms with van der Waals surface area (Å²) in [6.45, 7) is 0.920. The maximum absolute atomic E-state index is 6.02. The van der Waals surface area contributed by atoms with E-state index in [4.69, 9.17) is 4.74 Å². The van der Waals surface area contributed by atoms with Gasteiger partial charge < -0.3 is 10.1 Å². The van der Waals surface area contributed by atoms with Gasteiger partial charge in [-0.15, -0.1) is 0 Å². The van der Waals surface area contributed by atoms with Gasteiger partial charge in [0.1, 0.15) is 0 Å². The number of hydrogen-bond donors (Lipinski definition) is 1. The smallest absolute Gasteiger partial charge is 0.0686 e. The summed E-state index contributed by atoms with van der Waals surface area (Å²) in [5.41, 5.74) is 1.53. The average Bonchev–Trinajstić information content (AvgIpc) is 2.39. The van der Waals surface area contributed by atoms with Crippen LogP contribution in [0.4, 0.5) is 0 Å². The van der Waals surface area contributed by atoms with Crippen molar-refractivity contribution >= 4 is 0 Å². The molecule has 1 saturated heterocycles. The minimum Gasteiger partial charge on any atom is -0.375 e. The highest BCUT2D eigenvalue weighted by Crippen LogP contribution is 2.46. The summed E-state index contributed by atoms with van der Waals surface area (Å²) in [7, 11) is 2.06. The molecule has 2 fully saturated rings. The summed E-state index contributed by atoms with van der Waals surface area (Å²) in [4.78, 5) is 4.25. The largest absolute Gasteiger partial charge is 0.375 e. The van der Waals surface area contributed by atoms with E-state index in [1.165, 1.54) is 31.2 Å². The lowest BCUT2D eigenvalue weighted by atomic mass is 9.70. The molecule has 2 atom stereocenters. The Kier molecular flexibility index (Phi) is 3.35. The molecule has 3 nitrogen and oxygen atoms in total. The van der Waals surface area contributed by atoms with E-state index in [0.29, 0.717) is 12.0 Å². The number of pyridine rings is 1. The minimum atomic E-state index is 0.222. The Morgan fingerprint density at radius 1 is 1.50 bits per heavy atom. The first-order chi connectivity index (χ1) is 8.83. The molecule has 0 bridgehead atoms. The third-order valence-corrected chi connectivity index (χ3v) is 4.62. The molecule has 1 spiro atoms.